The number of fused-ring (bicyclic) bond motifs is 1. The van der Waals surface area contributed by atoms with Gasteiger partial charge in [0.05, 0.1) is 19.6 Å². The van der Waals surface area contributed by atoms with Crippen LogP contribution in [0.2, 0.25) is 0 Å². The molecule has 100 valence electrons. The van der Waals surface area contributed by atoms with Crippen molar-refractivity contribution in [2.24, 2.45) is 0 Å². The molecule has 0 aromatic heterocycles. The Labute approximate surface area is 112 Å². The Morgan fingerprint density at radius 3 is 2.89 bits per heavy atom. The predicted molar refractivity (Wildman–Crippen MR) is 64.3 cm³/mol. The average Bonchev–Trinajstić information content (AvgIpc) is 2.74. The number of rotatable bonds is 3. The van der Waals surface area contributed by atoms with Crippen molar-refractivity contribution in [3.63, 3.8) is 0 Å². The van der Waals surface area contributed by atoms with Crippen molar-refractivity contribution in [1.82, 2.24) is 9.96 Å². The van der Waals surface area contributed by atoms with Gasteiger partial charge in [0.1, 0.15) is 11.1 Å². The smallest absolute Gasteiger partial charge is 0.353 e. The molecule has 2 saturated heterocycles. The first kappa shape index (κ1) is 12.2. The van der Waals surface area contributed by atoms with Crippen LogP contribution in [0.1, 0.15) is 6.42 Å². The normalized spacial score (nSPS) is 31.0. The van der Waals surface area contributed by atoms with Crippen molar-refractivity contribution in [3.8, 4) is 0 Å². The van der Waals surface area contributed by atoms with Crippen LogP contribution in [-0.2, 0) is 19.2 Å². The minimum absolute atomic E-state index is 0.00503. The minimum Gasteiger partial charge on any atom is -0.477 e. The Kier molecular flexibility index (Phi) is 2.64. The molecule has 3 rings (SSSR count). The number of thioether (sulfide) groups is 1. The molecular formula is C11H10N2O5S. The van der Waals surface area contributed by atoms with Gasteiger partial charge >= 0.3 is 5.97 Å². The lowest BCUT2D eigenvalue weighted by Gasteiger charge is -2.41. The maximum absolute atomic E-state index is 11.9. The van der Waals surface area contributed by atoms with E-state index in [1.54, 1.807) is 6.08 Å². The number of hydroxylamine groups is 2. The Morgan fingerprint density at radius 2 is 2.32 bits per heavy atom. The second-order valence-electron chi connectivity index (χ2n) is 4.27. The molecule has 2 atom stereocenters. The molecule has 3 aliphatic heterocycles. The van der Waals surface area contributed by atoms with E-state index in [1.165, 1.54) is 34.2 Å². The summed E-state index contributed by atoms with van der Waals surface area (Å²) in [7, 11) is 1.39. The van der Waals surface area contributed by atoms with E-state index in [2.05, 4.69) is 0 Å². The van der Waals surface area contributed by atoms with Gasteiger partial charge in [0.2, 0.25) is 5.91 Å². The SMILES string of the molecule is CON1C(=O)C[C@@H]1/C=C1\C(=O)N2C(C(=O)O)=CS[C@@H]12. The molecule has 1 N–H and O–H groups in total. The summed E-state index contributed by atoms with van der Waals surface area (Å²) in [6.07, 6.45) is 1.99. The standard InChI is InChI=1S/C11H10N2O5S/c1-18-13-5(3-8(13)14)2-6-9(15)12-7(11(16)17)4-19-10(6)12/h2,4-5,10H,3H2,1H3,(H,16,17)/b6-2+/t5-,10-/m0/s1. The average molecular weight is 282 g/mol. The number of nitrogens with zero attached hydrogens (tertiary/aromatic N) is 2. The molecule has 0 unspecified atom stereocenters. The summed E-state index contributed by atoms with van der Waals surface area (Å²) >= 11 is 1.28. The predicted octanol–water partition coefficient (Wildman–Crippen LogP) is -0.0838. The van der Waals surface area contributed by atoms with Crippen LogP contribution in [0.25, 0.3) is 0 Å². The van der Waals surface area contributed by atoms with Crippen LogP contribution >= 0.6 is 11.8 Å². The van der Waals surface area contributed by atoms with Gasteiger partial charge in [-0.15, -0.1) is 11.8 Å². The molecule has 2 amide bonds. The van der Waals surface area contributed by atoms with Gasteiger partial charge in [-0.1, -0.05) is 0 Å². The molecule has 0 bridgehead atoms. The van der Waals surface area contributed by atoms with Crippen molar-refractivity contribution in [2.45, 2.75) is 17.8 Å². The lowest BCUT2D eigenvalue weighted by atomic mass is 9.97. The molecule has 8 heteroatoms. The highest BCUT2D eigenvalue weighted by atomic mass is 32.2. The fraction of sp³-hybridized carbons (Fsp3) is 0.364. The van der Waals surface area contributed by atoms with Crippen molar-refractivity contribution in [3.05, 3.63) is 22.8 Å². The van der Waals surface area contributed by atoms with Crippen LogP contribution in [0.4, 0.5) is 0 Å². The topological polar surface area (TPSA) is 87.2 Å². The summed E-state index contributed by atoms with van der Waals surface area (Å²) in [5, 5.41) is 11.3. The number of amides is 2. The van der Waals surface area contributed by atoms with Gasteiger partial charge in [0.15, 0.2) is 0 Å². The zero-order valence-corrected chi connectivity index (χ0v) is 10.7. The van der Waals surface area contributed by atoms with Crippen LogP contribution in [-0.4, -0.2) is 51.4 Å². The Bertz CT molecular complexity index is 555. The van der Waals surface area contributed by atoms with Crippen molar-refractivity contribution < 1.29 is 24.3 Å². The first-order valence-corrected chi connectivity index (χ1v) is 6.49. The van der Waals surface area contributed by atoms with E-state index in [9.17, 15) is 14.4 Å². The molecule has 0 aromatic carbocycles. The zero-order chi connectivity index (χ0) is 13.7. The van der Waals surface area contributed by atoms with E-state index in [4.69, 9.17) is 9.94 Å². The zero-order valence-electron chi connectivity index (χ0n) is 9.90. The number of hydrogen-bond donors (Lipinski definition) is 1. The largest absolute Gasteiger partial charge is 0.477 e. The molecule has 0 aliphatic carbocycles. The molecule has 19 heavy (non-hydrogen) atoms. The first-order valence-electron chi connectivity index (χ1n) is 5.55. The number of carbonyl (C=O) groups excluding carboxylic acids is 2. The minimum atomic E-state index is -1.11. The number of carboxylic acids is 1. The molecule has 7 nitrogen and oxygen atoms in total. The molecule has 0 radical (unpaired) electrons. The van der Waals surface area contributed by atoms with E-state index in [0.717, 1.165) is 0 Å². The van der Waals surface area contributed by atoms with Gasteiger partial charge in [0, 0.05) is 11.0 Å². The maximum Gasteiger partial charge on any atom is 0.353 e. The fourth-order valence-electron chi connectivity index (χ4n) is 2.28. The summed E-state index contributed by atoms with van der Waals surface area (Å²) in [6, 6.07) is -0.243. The Hall–Kier alpha value is -1.80. The monoisotopic (exact) mass is 282 g/mol. The highest BCUT2D eigenvalue weighted by Crippen LogP contribution is 2.45. The van der Waals surface area contributed by atoms with E-state index < -0.39 is 5.97 Å². The second kappa shape index (κ2) is 4.10. The van der Waals surface area contributed by atoms with Crippen molar-refractivity contribution in [2.75, 3.05) is 7.11 Å². The maximum atomic E-state index is 11.9. The Balaban J connectivity index is 1.75. The Morgan fingerprint density at radius 1 is 1.58 bits per heavy atom. The lowest BCUT2D eigenvalue weighted by Crippen LogP contribution is -2.55. The van der Waals surface area contributed by atoms with E-state index in [-0.39, 0.29) is 28.9 Å². The number of carboxylic acid groups (broad SMARTS) is 1. The second-order valence-corrected chi connectivity index (χ2v) is 5.22. The van der Waals surface area contributed by atoms with Gasteiger partial charge in [-0.2, -0.15) is 0 Å². The van der Waals surface area contributed by atoms with Gasteiger partial charge in [-0.25, -0.2) is 9.86 Å². The molecule has 2 fully saturated rings. The van der Waals surface area contributed by atoms with E-state index >= 15 is 0 Å². The fourth-order valence-corrected chi connectivity index (χ4v) is 3.41. The van der Waals surface area contributed by atoms with Crippen LogP contribution in [0.3, 0.4) is 0 Å². The summed E-state index contributed by atoms with van der Waals surface area (Å²) in [4.78, 5) is 40.1. The summed E-state index contributed by atoms with van der Waals surface area (Å²) in [5.41, 5.74) is 0.530. The number of β-lactam (4-membered cyclic amide) rings is 2. The van der Waals surface area contributed by atoms with Crippen molar-refractivity contribution >= 4 is 29.5 Å². The molecule has 3 aliphatic rings. The quantitative estimate of drug-likeness (QED) is 0.575. The number of hydrogen-bond acceptors (Lipinski definition) is 5. The van der Waals surface area contributed by atoms with Crippen molar-refractivity contribution in [1.29, 1.82) is 0 Å². The highest BCUT2D eigenvalue weighted by Gasteiger charge is 2.50. The third-order valence-electron chi connectivity index (χ3n) is 3.25. The van der Waals surface area contributed by atoms with Crippen LogP contribution in [0.5, 0.6) is 0 Å². The molecule has 0 saturated carbocycles. The first-order chi connectivity index (χ1) is 9.04. The van der Waals surface area contributed by atoms with Crippen LogP contribution in [0.15, 0.2) is 22.8 Å². The summed E-state index contributed by atoms with van der Waals surface area (Å²) in [6.45, 7) is 0. The van der Waals surface area contributed by atoms with Gasteiger partial charge in [-0.05, 0) is 6.08 Å². The lowest BCUT2D eigenvalue weighted by molar-refractivity contribution is -0.208. The molecule has 0 aromatic rings. The third-order valence-corrected chi connectivity index (χ3v) is 4.33. The third kappa shape index (κ3) is 1.60. The molecular weight excluding hydrogens is 272 g/mol. The van der Waals surface area contributed by atoms with Gasteiger partial charge in [-0.3, -0.25) is 19.3 Å². The van der Waals surface area contributed by atoms with Crippen LogP contribution in [0, 0.1) is 0 Å². The number of aliphatic carboxylic acids is 1. The van der Waals surface area contributed by atoms with E-state index in [0.29, 0.717) is 12.0 Å². The number of carbonyl (C=O) groups is 3. The summed E-state index contributed by atoms with van der Waals surface area (Å²) < 4.78 is 0. The molecule has 0 spiro atoms. The summed E-state index contributed by atoms with van der Waals surface area (Å²) in [5.74, 6) is -1.56. The van der Waals surface area contributed by atoms with Gasteiger partial charge in [0.25, 0.3) is 5.91 Å². The highest BCUT2D eigenvalue weighted by molar-refractivity contribution is 8.03. The van der Waals surface area contributed by atoms with Gasteiger partial charge < -0.3 is 5.11 Å². The van der Waals surface area contributed by atoms with Crippen LogP contribution < -0.4 is 0 Å². The van der Waals surface area contributed by atoms with E-state index in [1.807, 2.05) is 0 Å². The molecule has 3 heterocycles.